The van der Waals surface area contributed by atoms with Crippen molar-refractivity contribution in [2.75, 3.05) is 45.2 Å². The van der Waals surface area contributed by atoms with Crippen LogP contribution >= 0.6 is 0 Å². The smallest absolute Gasteiger partial charge is 0.0393 e. The molecule has 1 heterocycles. The van der Waals surface area contributed by atoms with Gasteiger partial charge in [0.1, 0.15) is 0 Å². The number of benzene rings is 1. The van der Waals surface area contributed by atoms with Crippen LogP contribution in [0.5, 0.6) is 0 Å². The molecular formula is C14H23N3. The molecule has 2 rings (SSSR count). The Balaban J connectivity index is 2.04. The van der Waals surface area contributed by atoms with Crippen LogP contribution in [0.1, 0.15) is 5.56 Å². The molecule has 1 fully saturated rings. The Morgan fingerprint density at radius 2 is 1.94 bits per heavy atom. The highest BCUT2D eigenvalue weighted by Gasteiger charge is 2.23. The molecule has 17 heavy (non-hydrogen) atoms. The van der Waals surface area contributed by atoms with Crippen molar-refractivity contribution in [1.29, 1.82) is 0 Å². The second kappa shape index (κ2) is 5.52. The van der Waals surface area contributed by atoms with Gasteiger partial charge in [0.15, 0.2) is 0 Å². The molecule has 1 saturated heterocycles. The first-order chi connectivity index (χ1) is 8.20. The number of aryl methyl sites for hydroxylation is 1. The van der Waals surface area contributed by atoms with Crippen LogP contribution in [0.2, 0.25) is 0 Å². The summed E-state index contributed by atoms with van der Waals surface area (Å²) in [5.74, 6) is 0. The quantitative estimate of drug-likeness (QED) is 0.850. The average molecular weight is 233 g/mol. The van der Waals surface area contributed by atoms with Gasteiger partial charge in [-0.05, 0) is 33.2 Å². The molecular weight excluding hydrogens is 210 g/mol. The summed E-state index contributed by atoms with van der Waals surface area (Å²) in [4.78, 5) is 4.93. The predicted molar refractivity (Wildman–Crippen MR) is 73.7 cm³/mol. The molecule has 1 aliphatic rings. The maximum Gasteiger partial charge on any atom is 0.0393 e. The van der Waals surface area contributed by atoms with E-state index in [4.69, 9.17) is 0 Å². The van der Waals surface area contributed by atoms with Crippen molar-refractivity contribution in [3.63, 3.8) is 0 Å². The van der Waals surface area contributed by atoms with E-state index in [1.807, 2.05) is 7.05 Å². The Kier molecular flexibility index (Phi) is 4.02. The molecule has 0 bridgehead atoms. The maximum atomic E-state index is 3.28. The van der Waals surface area contributed by atoms with E-state index in [2.05, 4.69) is 53.4 Å². The van der Waals surface area contributed by atoms with Crippen LogP contribution in [0.3, 0.4) is 0 Å². The van der Waals surface area contributed by atoms with Crippen molar-refractivity contribution in [3.05, 3.63) is 29.8 Å². The largest absolute Gasteiger partial charge is 0.369 e. The molecule has 1 aromatic carbocycles. The van der Waals surface area contributed by atoms with Crippen molar-refractivity contribution in [3.8, 4) is 0 Å². The first-order valence-corrected chi connectivity index (χ1v) is 6.37. The van der Waals surface area contributed by atoms with Gasteiger partial charge < -0.3 is 10.2 Å². The third-order valence-corrected chi connectivity index (χ3v) is 3.62. The number of nitrogens with one attached hydrogen (secondary N) is 1. The normalized spacial score (nSPS) is 21.8. The Morgan fingerprint density at radius 1 is 1.24 bits per heavy atom. The molecule has 0 amide bonds. The third kappa shape index (κ3) is 2.99. The average Bonchev–Trinajstić information content (AvgIpc) is 2.33. The molecule has 1 aromatic rings. The molecule has 0 spiro atoms. The van der Waals surface area contributed by atoms with Gasteiger partial charge >= 0.3 is 0 Å². The van der Waals surface area contributed by atoms with Crippen molar-refractivity contribution in [2.45, 2.75) is 13.0 Å². The van der Waals surface area contributed by atoms with Gasteiger partial charge in [-0.3, -0.25) is 4.90 Å². The van der Waals surface area contributed by atoms with Gasteiger partial charge in [0, 0.05) is 37.9 Å². The lowest BCUT2D eigenvalue weighted by atomic mass is 10.1. The number of piperazine rings is 1. The Bertz CT molecular complexity index is 347. The Morgan fingerprint density at radius 3 is 2.59 bits per heavy atom. The van der Waals surface area contributed by atoms with E-state index in [9.17, 15) is 0 Å². The van der Waals surface area contributed by atoms with Crippen molar-refractivity contribution >= 4 is 5.69 Å². The molecule has 3 heteroatoms. The lowest BCUT2D eigenvalue weighted by molar-refractivity contribution is 0.216. The van der Waals surface area contributed by atoms with Gasteiger partial charge in [-0.25, -0.2) is 0 Å². The van der Waals surface area contributed by atoms with E-state index < -0.39 is 0 Å². The first kappa shape index (κ1) is 12.4. The molecule has 1 aliphatic heterocycles. The van der Waals surface area contributed by atoms with Gasteiger partial charge in [0.2, 0.25) is 0 Å². The zero-order chi connectivity index (χ0) is 12.3. The number of likely N-dealkylation sites (N-methyl/N-ethyl adjacent to an activating group) is 2. The summed E-state index contributed by atoms with van der Waals surface area (Å²) in [6.45, 7) is 6.57. The van der Waals surface area contributed by atoms with Crippen molar-refractivity contribution < 1.29 is 0 Å². The molecule has 0 radical (unpaired) electrons. The van der Waals surface area contributed by atoms with Crippen LogP contribution < -0.4 is 10.2 Å². The summed E-state index contributed by atoms with van der Waals surface area (Å²) in [5, 5.41) is 3.28. The SMILES string of the molecule is CNCC1CN(c2ccc(C)cc2)CCN1C. The summed E-state index contributed by atoms with van der Waals surface area (Å²) in [5.41, 5.74) is 2.68. The van der Waals surface area contributed by atoms with E-state index in [0.717, 1.165) is 26.2 Å². The van der Waals surface area contributed by atoms with Crippen LogP contribution in [0.4, 0.5) is 5.69 Å². The Hall–Kier alpha value is -1.06. The molecule has 0 saturated carbocycles. The molecule has 94 valence electrons. The standard InChI is InChI=1S/C14H23N3/c1-12-4-6-13(7-5-12)17-9-8-16(3)14(11-17)10-15-2/h4-7,14-15H,8-11H2,1-3H3. The summed E-state index contributed by atoms with van der Waals surface area (Å²) < 4.78 is 0. The number of rotatable bonds is 3. The third-order valence-electron chi connectivity index (χ3n) is 3.62. The molecule has 0 aliphatic carbocycles. The number of anilines is 1. The maximum absolute atomic E-state index is 3.28. The highest BCUT2D eigenvalue weighted by atomic mass is 15.3. The van der Waals surface area contributed by atoms with E-state index in [1.165, 1.54) is 11.3 Å². The van der Waals surface area contributed by atoms with Crippen molar-refractivity contribution in [1.82, 2.24) is 10.2 Å². The highest BCUT2D eigenvalue weighted by Crippen LogP contribution is 2.18. The molecule has 1 N–H and O–H groups in total. The van der Waals surface area contributed by atoms with Gasteiger partial charge in [-0.15, -0.1) is 0 Å². The monoisotopic (exact) mass is 233 g/mol. The van der Waals surface area contributed by atoms with Crippen molar-refractivity contribution in [2.24, 2.45) is 0 Å². The minimum atomic E-state index is 0.607. The van der Waals surface area contributed by atoms with E-state index in [-0.39, 0.29) is 0 Å². The summed E-state index contributed by atoms with van der Waals surface area (Å²) in [7, 11) is 4.24. The van der Waals surface area contributed by atoms with Gasteiger partial charge in [0.05, 0.1) is 0 Å². The fourth-order valence-corrected chi connectivity index (χ4v) is 2.39. The topological polar surface area (TPSA) is 18.5 Å². The van der Waals surface area contributed by atoms with Crippen LogP contribution in [0.15, 0.2) is 24.3 Å². The highest BCUT2D eigenvalue weighted by molar-refractivity contribution is 5.48. The second-order valence-electron chi connectivity index (χ2n) is 4.97. The minimum absolute atomic E-state index is 0.607. The Labute approximate surface area is 104 Å². The zero-order valence-corrected chi connectivity index (χ0v) is 11.1. The summed E-state index contributed by atoms with van der Waals surface area (Å²) in [6, 6.07) is 9.46. The minimum Gasteiger partial charge on any atom is -0.369 e. The fourth-order valence-electron chi connectivity index (χ4n) is 2.39. The van der Waals surface area contributed by atoms with Gasteiger partial charge in [-0.1, -0.05) is 17.7 Å². The first-order valence-electron chi connectivity index (χ1n) is 6.37. The number of hydrogen-bond donors (Lipinski definition) is 1. The molecule has 1 atom stereocenters. The van der Waals surface area contributed by atoms with Crippen LogP contribution in [0, 0.1) is 6.92 Å². The molecule has 3 nitrogen and oxygen atoms in total. The van der Waals surface area contributed by atoms with Gasteiger partial charge in [-0.2, -0.15) is 0 Å². The lowest BCUT2D eigenvalue weighted by Gasteiger charge is -2.40. The van der Waals surface area contributed by atoms with Crippen LogP contribution in [0.25, 0.3) is 0 Å². The van der Waals surface area contributed by atoms with Crippen LogP contribution in [-0.2, 0) is 0 Å². The number of nitrogens with zero attached hydrogens (tertiary/aromatic N) is 2. The van der Waals surface area contributed by atoms with E-state index in [0.29, 0.717) is 6.04 Å². The summed E-state index contributed by atoms with van der Waals surface area (Å²) >= 11 is 0. The van der Waals surface area contributed by atoms with Crippen LogP contribution in [-0.4, -0.2) is 51.2 Å². The summed E-state index contributed by atoms with van der Waals surface area (Å²) in [6.07, 6.45) is 0. The van der Waals surface area contributed by atoms with E-state index in [1.54, 1.807) is 0 Å². The fraction of sp³-hybridized carbons (Fsp3) is 0.571. The number of hydrogen-bond acceptors (Lipinski definition) is 3. The molecule has 1 unspecified atom stereocenters. The predicted octanol–water partition coefficient (Wildman–Crippen LogP) is 1.33. The molecule has 0 aromatic heterocycles. The van der Waals surface area contributed by atoms with Gasteiger partial charge in [0.25, 0.3) is 0 Å². The van der Waals surface area contributed by atoms with E-state index >= 15 is 0 Å². The second-order valence-corrected chi connectivity index (χ2v) is 4.97. The zero-order valence-electron chi connectivity index (χ0n) is 11.1. The lowest BCUT2D eigenvalue weighted by Crippen LogP contribution is -2.54.